The third-order valence-corrected chi connectivity index (χ3v) is 6.43. The predicted molar refractivity (Wildman–Crippen MR) is 93.5 cm³/mol. The van der Waals surface area contributed by atoms with E-state index >= 15 is 0 Å². The van der Waals surface area contributed by atoms with Gasteiger partial charge in [-0.25, -0.2) is 4.98 Å². The maximum absolute atomic E-state index is 10.7. The molecule has 0 amide bonds. The first-order chi connectivity index (χ1) is 11.8. The third kappa shape index (κ3) is 7.30. The van der Waals surface area contributed by atoms with E-state index < -0.39 is 15.8 Å². The maximum atomic E-state index is 9.87. The van der Waals surface area contributed by atoms with Crippen LogP contribution in [0.4, 0.5) is 25.2 Å². The van der Waals surface area contributed by atoms with Gasteiger partial charge >= 0.3 is 40.9 Å². The molecule has 0 aliphatic rings. The van der Waals surface area contributed by atoms with Crippen molar-refractivity contribution < 1.29 is 29.8 Å². The van der Waals surface area contributed by atoms with Crippen LogP contribution in [0.3, 0.4) is 0 Å². The molecule has 0 aliphatic carbocycles. The SMILES string of the molecule is CN(C)[P+](On1nnc2cccnc21)(N(C)C)N(C)C.F[P-](F)(F)(F)(F)F. The molecule has 8 nitrogen and oxygen atoms in total. The molecule has 0 radical (unpaired) electrons. The Labute approximate surface area is 152 Å². The fourth-order valence-electron chi connectivity index (χ4n) is 2.20. The third-order valence-electron chi connectivity index (χ3n) is 2.93. The van der Waals surface area contributed by atoms with Crippen molar-refractivity contribution in [3.63, 3.8) is 0 Å². The van der Waals surface area contributed by atoms with E-state index in [1.807, 2.05) is 54.4 Å². The first kappa shape index (κ1) is 23.7. The molecule has 2 aromatic rings. The number of nitrogens with zero attached hydrogens (tertiary/aromatic N) is 7. The van der Waals surface area contributed by atoms with Crippen molar-refractivity contribution in [3.05, 3.63) is 18.3 Å². The molecule has 0 unspecified atom stereocenters. The Kier molecular flexibility index (Phi) is 6.08. The number of rotatable bonds is 5. The molecule has 0 N–H and O–H groups in total. The van der Waals surface area contributed by atoms with Crippen LogP contribution >= 0.6 is 15.8 Å². The van der Waals surface area contributed by atoms with Crippen LogP contribution in [0.5, 0.6) is 0 Å². The summed E-state index contributed by atoms with van der Waals surface area (Å²) in [7, 11) is -0.923. The van der Waals surface area contributed by atoms with Gasteiger partial charge in [0.1, 0.15) is 5.52 Å². The Morgan fingerprint density at radius 1 is 0.926 bits per heavy atom. The van der Waals surface area contributed by atoms with Crippen LogP contribution < -0.4 is 4.62 Å². The average Bonchev–Trinajstić information content (AvgIpc) is 2.83. The van der Waals surface area contributed by atoms with Crippen LogP contribution in [0, 0.1) is 0 Å². The quantitative estimate of drug-likeness (QED) is 0.512. The Morgan fingerprint density at radius 2 is 1.37 bits per heavy atom. The van der Waals surface area contributed by atoms with Crippen LogP contribution in [0.2, 0.25) is 0 Å². The topological polar surface area (TPSA) is 62.6 Å². The molecule has 2 aromatic heterocycles. The zero-order valence-electron chi connectivity index (χ0n) is 15.4. The summed E-state index contributed by atoms with van der Waals surface area (Å²) in [4.78, 5) is 5.68. The number of fused-ring (bicyclic) bond motifs is 1. The van der Waals surface area contributed by atoms with Crippen LogP contribution in [-0.2, 0) is 0 Å². The van der Waals surface area contributed by atoms with Gasteiger partial charge in [-0.3, -0.25) is 0 Å². The van der Waals surface area contributed by atoms with E-state index in [-0.39, 0.29) is 0 Å². The standard InChI is InChI=1S/C11H21N7OP.F6P/c1-15(2)20(16(3)4,17(5)6)19-18-11-10(13-14-18)8-7-9-12-11;1-7(2,3,4,5)6/h7-9H,1-6H3;/q+1;-1. The van der Waals surface area contributed by atoms with Gasteiger partial charge in [0, 0.05) is 48.5 Å². The van der Waals surface area contributed by atoms with E-state index in [4.69, 9.17) is 4.62 Å². The Hall–Kier alpha value is -1.33. The summed E-state index contributed by atoms with van der Waals surface area (Å²) in [5.41, 5.74) is 1.32. The predicted octanol–water partition coefficient (Wildman–Crippen LogP) is 4.00. The zero-order valence-corrected chi connectivity index (χ0v) is 17.2. The van der Waals surface area contributed by atoms with E-state index in [1.165, 1.54) is 4.85 Å². The molecular weight excluding hydrogens is 422 g/mol. The molecule has 2 rings (SSSR count). The van der Waals surface area contributed by atoms with E-state index in [0.717, 1.165) is 0 Å². The summed E-state index contributed by atoms with van der Waals surface area (Å²) in [5.74, 6) is 0. The van der Waals surface area contributed by atoms with Gasteiger partial charge < -0.3 is 0 Å². The van der Waals surface area contributed by atoms with Gasteiger partial charge in [0.25, 0.3) is 0 Å². The average molecular weight is 443 g/mol. The molecule has 27 heavy (non-hydrogen) atoms. The molecule has 0 saturated heterocycles. The van der Waals surface area contributed by atoms with Crippen molar-refractivity contribution in [1.82, 2.24) is 34.2 Å². The first-order valence-corrected chi connectivity index (χ1v) is 10.8. The zero-order chi connectivity index (χ0) is 21.3. The first-order valence-electron chi connectivity index (χ1n) is 7.20. The van der Waals surface area contributed by atoms with Crippen molar-refractivity contribution in [1.29, 1.82) is 0 Å². The van der Waals surface area contributed by atoms with Crippen molar-refractivity contribution in [3.8, 4) is 0 Å². The number of pyridine rings is 1. The Balaban J connectivity index is 0.000000445. The molecule has 0 fully saturated rings. The summed E-state index contributed by atoms with van der Waals surface area (Å²) >= 11 is 0. The second-order valence-electron chi connectivity index (χ2n) is 5.90. The second kappa shape index (κ2) is 6.93. The molecule has 0 spiro atoms. The van der Waals surface area contributed by atoms with Crippen LogP contribution in [0.1, 0.15) is 0 Å². The summed E-state index contributed by atoms with van der Waals surface area (Å²) in [6.45, 7) is 0. The van der Waals surface area contributed by atoms with Crippen LogP contribution in [-0.4, -0.2) is 76.4 Å². The van der Waals surface area contributed by atoms with Crippen molar-refractivity contribution >= 4 is 26.9 Å². The van der Waals surface area contributed by atoms with E-state index in [0.29, 0.717) is 11.2 Å². The summed E-state index contributed by atoms with van der Waals surface area (Å²) in [5, 5.41) is 8.13. The normalized spacial score (nSPS) is 15.5. The van der Waals surface area contributed by atoms with Crippen molar-refractivity contribution in [2.75, 3.05) is 42.3 Å². The van der Waals surface area contributed by atoms with Gasteiger partial charge in [-0.05, 0) is 22.2 Å². The molecule has 0 saturated carbocycles. The van der Waals surface area contributed by atoms with Crippen LogP contribution in [0.25, 0.3) is 11.2 Å². The molecule has 16 heteroatoms. The fraction of sp³-hybridized carbons (Fsp3) is 0.545. The van der Waals surface area contributed by atoms with E-state index in [9.17, 15) is 25.2 Å². The van der Waals surface area contributed by atoms with Gasteiger partial charge in [-0.2, -0.15) is 4.62 Å². The van der Waals surface area contributed by atoms with Crippen molar-refractivity contribution in [2.24, 2.45) is 0 Å². The Bertz CT molecular complexity index is 747. The number of halogens is 6. The van der Waals surface area contributed by atoms with Gasteiger partial charge in [0.05, 0.1) is 0 Å². The monoisotopic (exact) mass is 443 g/mol. The van der Waals surface area contributed by atoms with Gasteiger partial charge in [0.2, 0.25) is 5.65 Å². The fourth-order valence-corrected chi connectivity index (χ4v) is 5.10. The molecule has 0 bridgehead atoms. The van der Waals surface area contributed by atoms with Gasteiger partial charge in [-0.1, -0.05) is 0 Å². The molecule has 158 valence electrons. The summed E-state index contributed by atoms with van der Waals surface area (Å²) < 4.78 is 71.6. The Morgan fingerprint density at radius 3 is 1.78 bits per heavy atom. The van der Waals surface area contributed by atoms with Gasteiger partial charge in [-0.15, -0.1) is 19.1 Å². The molecule has 0 aliphatic heterocycles. The second-order valence-corrected chi connectivity index (χ2v) is 11.4. The molecule has 2 heterocycles. The molecule has 0 atom stereocenters. The minimum atomic E-state index is -10.7. The van der Waals surface area contributed by atoms with Crippen molar-refractivity contribution in [2.45, 2.75) is 0 Å². The van der Waals surface area contributed by atoms with E-state index in [2.05, 4.69) is 29.3 Å². The summed E-state index contributed by atoms with van der Waals surface area (Å²) in [6.07, 6.45) is 1.70. The molecular formula is C11H21F6N7OP2. The number of aromatic nitrogens is 4. The minimum absolute atomic E-state index is 0.613. The number of hydrogen-bond donors (Lipinski definition) is 0. The summed E-state index contributed by atoms with van der Waals surface area (Å²) in [6, 6.07) is 3.68. The van der Waals surface area contributed by atoms with Gasteiger partial charge in [0.15, 0.2) is 0 Å². The van der Waals surface area contributed by atoms with Crippen LogP contribution in [0.15, 0.2) is 18.3 Å². The van der Waals surface area contributed by atoms with E-state index in [1.54, 1.807) is 6.20 Å². The number of hydrogen-bond acceptors (Lipinski definition) is 7. The molecule has 0 aromatic carbocycles.